The van der Waals surface area contributed by atoms with Gasteiger partial charge in [-0.25, -0.2) is 4.90 Å². The first-order valence-electron chi connectivity index (χ1n) is 19.7. The lowest BCUT2D eigenvalue weighted by atomic mass is 9.58. The minimum atomic E-state index is -3.04. The van der Waals surface area contributed by atoms with Crippen molar-refractivity contribution in [1.82, 2.24) is 0 Å². The summed E-state index contributed by atoms with van der Waals surface area (Å²) in [7, 11) is -4.20. The number of rotatable bonds is 12. The van der Waals surface area contributed by atoms with Crippen molar-refractivity contribution in [2.75, 3.05) is 11.5 Å². The van der Waals surface area contributed by atoms with Crippen LogP contribution in [0, 0.1) is 27.9 Å². The van der Waals surface area contributed by atoms with Crippen molar-refractivity contribution < 1.29 is 33.7 Å². The highest BCUT2D eigenvalue weighted by atomic mass is 28.4. The lowest BCUT2D eigenvalue weighted by Crippen LogP contribution is -2.66. The largest absolute Gasteiger partial charge is 0.508 e. The summed E-state index contributed by atoms with van der Waals surface area (Å²) in [6.45, 7) is 8.92. The maximum atomic E-state index is 14.5. The summed E-state index contributed by atoms with van der Waals surface area (Å²) in [5, 5.41) is 34.7. The van der Waals surface area contributed by atoms with E-state index in [2.05, 4.69) is 58.0 Å². The Kier molecular flexibility index (Phi) is 11.5. The molecule has 0 radical (unpaired) electrons. The summed E-state index contributed by atoms with van der Waals surface area (Å²) in [4.78, 5) is 41.2. The summed E-state index contributed by atoms with van der Waals surface area (Å²) in [5.74, 6) is -2.66. The third-order valence-electron chi connectivity index (χ3n) is 11.9. The van der Waals surface area contributed by atoms with Gasteiger partial charge in [-0.3, -0.25) is 19.7 Å². The Morgan fingerprint density at radius 2 is 1.60 bits per heavy atom. The van der Waals surface area contributed by atoms with Crippen LogP contribution in [-0.4, -0.2) is 55.0 Å². The van der Waals surface area contributed by atoms with Gasteiger partial charge in [0.1, 0.15) is 5.75 Å². The number of nitrogens with zero attached hydrogens (tertiary/aromatic N) is 2. The van der Waals surface area contributed by atoms with E-state index in [0.29, 0.717) is 12.8 Å². The zero-order valence-corrected chi connectivity index (χ0v) is 33.8. The van der Waals surface area contributed by atoms with Crippen LogP contribution in [-0.2, 0) is 18.7 Å². The van der Waals surface area contributed by atoms with Gasteiger partial charge in [0.05, 0.1) is 35.2 Å². The Morgan fingerprint density at radius 3 is 2.19 bits per heavy atom. The van der Waals surface area contributed by atoms with Crippen molar-refractivity contribution in [2.24, 2.45) is 17.8 Å². The van der Waals surface area contributed by atoms with Crippen LogP contribution in [0.3, 0.4) is 0 Å². The molecule has 294 valence electrons. The first-order chi connectivity index (χ1) is 27.3. The predicted molar refractivity (Wildman–Crippen MR) is 225 cm³/mol. The molecule has 0 unspecified atom stereocenters. The third kappa shape index (κ3) is 7.79. The highest BCUT2D eigenvalue weighted by Gasteiger charge is 2.58. The maximum Gasteiger partial charge on any atom is 0.455 e. The average molecular weight is 785 g/mol. The number of amides is 2. The van der Waals surface area contributed by atoms with Crippen molar-refractivity contribution in [3.8, 4) is 5.75 Å². The molecular formula is C45H49BN2O8Si. The van der Waals surface area contributed by atoms with E-state index in [0.717, 1.165) is 44.0 Å². The Hall–Kier alpha value is -5.14. The van der Waals surface area contributed by atoms with E-state index in [1.54, 1.807) is 18.2 Å². The second-order valence-electron chi connectivity index (χ2n) is 16.3. The van der Waals surface area contributed by atoms with Crippen LogP contribution < -0.4 is 15.3 Å². The number of hydrogen-bond donors (Lipinski definition) is 2. The number of carbonyl (C=O) groups is 2. The fourth-order valence-corrected chi connectivity index (χ4v) is 13.9. The number of phenolic OH excluding ortho intramolecular Hbond substituents is 1. The molecule has 2 amide bonds. The molecule has 2 saturated heterocycles. The van der Waals surface area contributed by atoms with Crippen molar-refractivity contribution >= 4 is 55.1 Å². The van der Waals surface area contributed by atoms with Crippen LogP contribution in [0.1, 0.15) is 58.9 Å². The van der Waals surface area contributed by atoms with Gasteiger partial charge in [-0.1, -0.05) is 118 Å². The van der Waals surface area contributed by atoms with E-state index >= 15 is 0 Å². The standard InChI is InChI=1S/C45H49BN2O8Si/c1-5-30(25-31-19-22-35(49)23-20-31)21-24-40-41-32(29-55-57(45(2,3)4,36-15-8-6-9-16-36)37-17-10-7-11-18-37)26-38-42(39(41)28-46(52)56-40)44(51)47(43(38)50)33-13-12-14-34(27-33)48(53)54/h6-20,22-23,25,27,38-40,42,49,52H,5,21,24,26,28-29H2,1-4H3/b30-25+/t38-,39+,40-,42-/m1/s1. The highest BCUT2D eigenvalue weighted by molar-refractivity contribution is 6.99. The minimum Gasteiger partial charge on any atom is -0.508 e. The molecule has 0 spiro atoms. The molecule has 2 heterocycles. The number of benzene rings is 4. The molecule has 2 N–H and O–H groups in total. The van der Waals surface area contributed by atoms with Gasteiger partial charge >= 0.3 is 7.12 Å². The molecule has 0 saturated carbocycles. The van der Waals surface area contributed by atoms with E-state index in [-0.39, 0.29) is 41.5 Å². The number of fused-ring (bicyclic) bond motifs is 3. The number of aromatic hydroxyl groups is 1. The van der Waals surface area contributed by atoms with E-state index < -0.39 is 56.0 Å². The van der Waals surface area contributed by atoms with Gasteiger partial charge in [0.2, 0.25) is 11.8 Å². The number of anilines is 1. The number of phenols is 1. The van der Waals surface area contributed by atoms with Gasteiger partial charge in [0.25, 0.3) is 14.0 Å². The first kappa shape index (κ1) is 40.1. The summed E-state index contributed by atoms with van der Waals surface area (Å²) >= 11 is 0. The Morgan fingerprint density at radius 1 is 0.947 bits per heavy atom. The summed E-state index contributed by atoms with van der Waals surface area (Å²) in [5.41, 5.74) is 3.87. The molecule has 4 aromatic rings. The molecule has 1 aliphatic carbocycles. The van der Waals surface area contributed by atoms with Crippen LogP contribution in [0.2, 0.25) is 11.4 Å². The van der Waals surface area contributed by atoms with Gasteiger partial charge in [-0.05, 0) is 88.2 Å². The third-order valence-corrected chi connectivity index (χ3v) is 16.9. The molecule has 4 aromatic carbocycles. The molecule has 57 heavy (non-hydrogen) atoms. The van der Waals surface area contributed by atoms with Crippen LogP contribution in [0.5, 0.6) is 5.75 Å². The van der Waals surface area contributed by atoms with E-state index in [1.165, 1.54) is 18.2 Å². The van der Waals surface area contributed by atoms with Crippen molar-refractivity contribution in [2.45, 2.75) is 70.8 Å². The monoisotopic (exact) mass is 784 g/mol. The summed E-state index contributed by atoms with van der Waals surface area (Å²) in [6.07, 6.45) is 3.88. The average Bonchev–Trinajstić information content (AvgIpc) is 3.45. The second-order valence-corrected chi connectivity index (χ2v) is 20.6. The molecule has 7 rings (SSSR count). The number of carbonyl (C=O) groups excluding carboxylic acids is 2. The quantitative estimate of drug-likeness (QED) is 0.0497. The number of allylic oxidation sites excluding steroid dienone is 1. The van der Waals surface area contributed by atoms with Crippen molar-refractivity contribution in [3.63, 3.8) is 0 Å². The number of hydrogen-bond acceptors (Lipinski definition) is 8. The lowest BCUT2D eigenvalue weighted by Gasteiger charge is -2.46. The van der Waals surface area contributed by atoms with Gasteiger partial charge in [-0.2, -0.15) is 0 Å². The summed E-state index contributed by atoms with van der Waals surface area (Å²) < 4.78 is 13.9. The number of imide groups is 1. The van der Waals surface area contributed by atoms with Crippen molar-refractivity contribution in [3.05, 3.63) is 142 Å². The molecule has 2 aliphatic heterocycles. The van der Waals surface area contributed by atoms with Gasteiger partial charge in [-0.15, -0.1) is 0 Å². The van der Waals surface area contributed by atoms with Crippen LogP contribution in [0.25, 0.3) is 6.08 Å². The molecule has 3 aliphatic rings. The van der Waals surface area contributed by atoms with Gasteiger partial charge in [0.15, 0.2) is 0 Å². The normalized spacial score (nSPS) is 21.5. The number of non-ortho nitro benzene ring substituents is 1. The molecule has 0 aromatic heterocycles. The lowest BCUT2D eigenvalue weighted by molar-refractivity contribution is -0.384. The Bertz CT molecular complexity index is 2150. The molecular weight excluding hydrogens is 735 g/mol. The molecule has 10 nitrogen and oxygen atoms in total. The predicted octanol–water partition coefficient (Wildman–Crippen LogP) is 7.45. The number of nitro groups is 1. The van der Waals surface area contributed by atoms with E-state index in [4.69, 9.17) is 9.08 Å². The van der Waals surface area contributed by atoms with Crippen molar-refractivity contribution in [1.29, 1.82) is 0 Å². The highest BCUT2D eigenvalue weighted by Crippen LogP contribution is 2.52. The molecule has 0 bridgehead atoms. The first-order valence-corrected chi connectivity index (χ1v) is 21.6. The van der Waals surface area contributed by atoms with Gasteiger partial charge < -0.3 is 19.2 Å². The zero-order chi connectivity index (χ0) is 40.5. The SMILES string of the molecule is CC/C(=C\c1ccc(O)cc1)CC[C@H]1OB(O)C[C@H]2C1=C(CO[Si](c1ccccc1)(c1ccccc1)C(C)(C)C)C[C@H]1C(=O)N(c3cccc([N+](=O)[O-])c3)C(=O)[C@H]12. The smallest absolute Gasteiger partial charge is 0.455 e. The van der Waals surface area contributed by atoms with Gasteiger partial charge in [0, 0.05) is 12.1 Å². The molecule has 12 heteroatoms. The molecule has 4 atom stereocenters. The number of nitro benzene ring substituents is 1. The molecule has 2 fully saturated rings. The minimum absolute atomic E-state index is 0.126. The maximum absolute atomic E-state index is 14.5. The van der Waals surface area contributed by atoms with E-state index in [9.17, 15) is 29.8 Å². The fraction of sp³-hybridized carbons (Fsp3) is 0.333. The van der Waals surface area contributed by atoms with Crippen LogP contribution >= 0.6 is 0 Å². The van der Waals surface area contributed by atoms with Crippen LogP contribution in [0.15, 0.2) is 126 Å². The fourth-order valence-electron chi connectivity index (χ4n) is 9.33. The van der Waals surface area contributed by atoms with E-state index in [1.807, 2.05) is 48.5 Å². The zero-order valence-electron chi connectivity index (χ0n) is 32.8. The Labute approximate surface area is 335 Å². The second kappa shape index (κ2) is 16.4. The van der Waals surface area contributed by atoms with Crippen LogP contribution in [0.4, 0.5) is 11.4 Å². The summed E-state index contributed by atoms with van der Waals surface area (Å²) in [6, 6.07) is 33.3. The Balaban J connectivity index is 1.31. The topological polar surface area (TPSA) is 139 Å².